The number of carbonyl (C=O) groups is 2. The van der Waals surface area contributed by atoms with Crippen LogP contribution >= 0.6 is 0 Å². The summed E-state index contributed by atoms with van der Waals surface area (Å²) in [6, 6.07) is -0.773. The van der Waals surface area contributed by atoms with Gasteiger partial charge in [0, 0.05) is 0 Å². The molecule has 0 saturated carbocycles. The number of urea groups is 2. The van der Waals surface area contributed by atoms with Crippen LogP contribution in [0.25, 0.3) is 0 Å². The first-order chi connectivity index (χ1) is 4.02. The average molecular weight is 130 g/mol. The third-order valence-electron chi connectivity index (χ3n) is 1.11. The number of amides is 4. The van der Waals surface area contributed by atoms with E-state index in [2.05, 4.69) is 10.7 Å². The maximum Gasteiger partial charge on any atom is 0.449 e. The summed E-state index contributed by atoms with van der Waals surface area (Å²) in [5.41, 5.74) is 2.38. The van der Waals surface area contributed by atoms with Crippen molar-refractivity contribution in [3.63, 3.8) is 0 Å². The van der Waals surface area contributed by atoms with Gasteiger partial charge in [-0.25, -0.2) is 14.9 Å². The van der Waals surface area contributed by atoms with Crippen LogP contribution in [0.5, 0.6) is 0 Å². The Bertz CT molecular complexity index is 175. The van der Waals surface area contributed by atoms with E-state index >= 15 is 0 Å². The number of nitrogens with zero attached hydrogens (tertiary/aromatic N) is 1. The molecule has 1 aliphatic rings. The fraction of sp³-hybridized carbons (Fsp3) is 0.500. The molecule has 0 radical (unpaired) electrons. The molecule has 0 spiro atoms. The topological polar surface area (TPSA) is 58.2 Å². The van der Waals surface area contributed by atoms with Crippen molar-refractivity contribution in [1.29, 1.82) is 0 Å². The van der Waals surface area contributed by atoms with Crippen molar-refractivity contribution >= 4 is 12.1 Å². The van der Waals surface area contributed by atoms with Crippen LogP contribution in [0.3, 0.4) is 0 Å². The lowest BCUT2D eigenvalue weighted by Gasteiger charge is -2.14. The molecule has 0 aromatic rings. The van der Waals surface area contributed by atoms with E-state index < -0.39 is 6.03 Å². The summed E-state index contributed by atoms with van der Waals surface area (Å²) in [6.07, 6.45) is 0. The maximum atomic E-state index is 10.7. The highest BCUT2D eigenvalue weighted by Crippen LogP contribution is 1.97. The lowest BCUT2D eigenvalue weighted by molar-refractivity contribution is -0.838. The van der Waals surface area contributed by atoms with Gasteiger partial charge in [-0.15, -0.1) is 4.59 Å². The van der Waals surface area contributed by atoms with Gasteiger partial charge in [-0.3, -0.25) is 0 Å². The molecule has 9 heavy (non-hydrogen) atoms. The first-order valence-corrected chi connectivity index (χ1v) is 2.50. The number of nitrogens with one attached hydrogen (secondary N) is 2. The van der Waals surface area contributed by atoms with Crippen LogP contribution in [0.2, 0.25) is 0 Å². The van der Waals surface area contributed by atoms with Crippen molar-refractivity contribution in [2.24, 2.45) is 0 Å². The molecule has 0 unspecified atom stereocenters. The zero-order chi connectivity index (χ0) is 7.07. The average Bonchev–Trinajstić information content (AvgIpc) is 1.79. The number of quaternary nitrogens is 1. The molecule has 2 N–H and O–H groups in total. The van der Waals surface area contributed by atoms with Crippen LogP contribution in [-0.2, 0) is 0 Å². The smallest absolute Gasteiger partial charge is 0.243 e. The standard InChI is InChI=1S/C4H7N3O2/c1-7(2)4(9)5-3(8)6-7/h1-2H3,(H-,5,6,8,9)/p+1. The van der Waals surface area contributed by atoms with E-state index in [0.29, 0.717) is 0 Å². The van der Waals surface area contributed by atoms with E-state index in [1.807, 2.05) is 0 Å². The van der Waals surface area contributed by atoms with Crippen LogP contribution in [0, 0.1) is 0 Å². The van der Waals surface area contributed by atoms with Gasteiger partial charge < -0.3 is 0 Å². The third-order valence-corrected chi connectivity index (χ3v) is 1.11. The Morgan fingerprint density at radius 2 is 1.89 bits per heavy atom. The van der Waals surface area contributed by atoms with Crippen molar-refractivity contribution in [3.8, 4) is 0 Å². The van der Waals surface area contributed by atoms with Crippen LogP contribution in [0.15, 0.2) is 0 Å². The lowest BCUT2D eigenvalue weighted by atomic mass is 10.8. The van der Waals surface area contributed by atoms with Crippen molar-refractivity contribution in [1.82, 2.24) is 10.7 Å². The predicted molar refractivity (Wildman–Crippen MR) is 29.2 cm³/mol. The Kier molecular flexibility index (Phi) is 0.967. The Morgan fingerprint density at radius 3 is 2.00 bits per heavy atom. The molecule has 0 atom stereocenters. The lowest BCUT2D eigenvalue weighted by Crippen LogP contribution is -2.49. The summed E-state index contributed by atoms with van der Waals surface area (Å²) in [7, 11) is 3.17. The largest absolute Gasteiger partial charge is 0.449 e. The van der Waals surface area contributed by atoms with Crippen molar-refractivity contribution in [2.45, 2.75) is 0 Å². The highest BCUT2D eigenvalue weighted by Gasteiger charge is 2.38. The fourth-order valence-corrected chi connectivity index (χ4v) is 0.569. The molecule has 1 rings (SSSR count). The summed E-state index contributed by atoms with van der Waals surface area (Å²) < 4.78 is -0.126. The van der Waals surface area contributed by atoms with Gasteiger partial charge in [0.15, 0.2) is 0 Å². The molecule has 0 aromatic heterocycles. The molecule has 5 nitrogen and oxygen atoms in total. The fourth-order valence-electron chi connectivity index (χ4n) is 0.569. The van der Waals surface area contributed by atoms with Crippen molar-refractivity contribution < 1.29 is 14.2 Å². The van der Waals surface area contributed by atoms with Crippen LogP contribution < -0.4 is 10.7 Å². The minimum absolute atomic E-state index is 0.126. The van der Waals surface area contributed by atoms with Gasteiger partial charge in [0.2, 0.25) is 0 Å². The summed E-state index contributed by atoms with van der Waals surface area (Å²) in [5, 5.41) is 2.09. The van der Waals surface area contributed by atoms with Gasteiger partial charge in [-0.1, -0.05) is 0 Å². The Hall–Kier alpha value is -1.10. The quantitative estimate of drug-likeness (QED) is 0.430. The molecule has 1 saturated heterocycles. The van der Waals surface area contributed by atoms with Gasteiger partial charge in [-0.05, 0) is 0 Å². The van der Waals surface area contributed by atoms with E-state index in [0.717, 1.165) is 0 Å². The second-order valence-corrected chi connectivity index (χ2v) is 2.32. The first kappa shape index (κ1) is 6.03. The SMILES string of the molecule is C[N+]1(C)NC(=O)NC1=O. The van der Waals surface area contributed by atoms with E-state index in [1.165, 1.54) is 0 Å². The zero-order valence-corrected chi connectivity index (χ0v) is 5.26. The van der Waals surface area contributed by atoms with E-state index in [9.17, 15) is 9.59 Å². The van der Waals surface area contributed by atoms with Crippen molar-refractivity contribution in [3.05, 3.63) is 0 Å². The highest BCUT2D eigenvalue weighted by atomic mass is 16.2. The summed E-state index contributed by atoms with van der Waals surface area (Å²) in [4.78, 5) is 21.1. The summed E-state index contributed by atoms with van der Waals surface area (Å²) in [5.74, 6) is 0. The molecule has 1 fully saturated rings. The predicted octanol–water partition coefficient (Wildman–Crippen LogP) is -0.589. The molecule has 50 valence electrons. The Balaban J connectivity index is 2.81. The van der Waals surface area contributed by atoms with Gasteiger partial charge in [0.1, 0.15) is 14.1 Å². The maximum absolute atomic E-state index is 10.7. The highest BCUT2D eigenvalue weighted by molar-refractivity contribution is 5.93. The summed E-state index contributed by atoms with van der Waals surface area (Å²) >= 11 is 0. The van der Waals surface area contributed by atoms with Crippen LogP contribution in [-0.4, -0.2) is 30.7 Å². The van der Waals surface area contributed by atoms with Gasteiger partial charge in [0.25, 0.3) is 0 Å². The van der Waals surface area contributed by atoms with Crippen LogP contribution in [0.4, 0.5) is 9.59 Å². The molecule has 5 heteroatoms. The first-order valence-electron chi connectivity index (χ1n) is 2.50. The molecule has 0 aliphatic carbocycles. The Labute approximate surface area is 52.2 Å². The van der Waals surface area contributed by atoms with Gasteiger partial charge in [0.05, 0.1) is 0 Å². The molecular weight excluding hydrogens is 122 g/mol. The van der Waals surface area contributed by atoms with E-state index in [-0.39, 0.29) is 10.6 Å². The van der Waals surface area contributed by atoms with Crippen molar-refractivity contribution in [2.75, 3.05) is 14.1 Å². The van der Waals surface area contributed by atoms with Gasteiger partial charge in [-0.2, -0.15) is 5.43 Å². The number of hydrogen-bond donors (Lipinski definition) is 2. The molecule has 0 bridgehead atoms. The molecule has 0 aromatic carbocycles. The molecule has 4 amide bonds. The minimum atomic E-state index is -0.440. The number of imide groups is 1. The normalized spacial score (nSPS) is 23.3. The monoisotopic (exact) mass is 130 g/mol. The number of hydrogen-bond acceptors (Lipinski definition) is 2. The second kappa shape index (κ2) is 1.44. The van der Waals surface area contributed by atoms with E-state index in [1.54, 1.807) is 14.1 Å². The minimum Gasteiger partial charge on any atom is -0.243 e. The molecular formula is C4H8N3O2+. The van der Waals surface area contributed by atoms with Crippen LogP contribution in [0.1, 0.15) is 0 Å². The zero-order valence-electron chi connectivity index (χ0n) is 5.26. The molecule has 1 heterocycles. The van der Waals surface area contributed by atoms with E-state index in [4.69, 9.17) is 0 Å². The number of rotatable bonds is 0. The Morgan fingerprint density at radius 1 is 1.33 bits per heavy atom. The van der Waals surface area contributed by atoms with Gasteiger partial charge >= 0.3 is 12.1 Å². The number of carbonyl (C=O) groups excluding carboxylic acids is 2. The second-order valence-electron chi connectivity index (χ2n) is 2.32. The summed E-state index contributed by atoms with van der Waals surface area (Å²) in [6.45, 7) is 0. The molecule has 1 aliphatic heterocycles. The third kappa shape index (κ3) is 0.857.